The Kier molecular flexibility index (Phi) is 13.4. The van der Waals surface area contributed by atoms with Crippen LogP contribution in [0.1, 0.15) is 77.6 Å². The topological polar surface area (TPSA) is 38.0 Å². The first-order valence-corrected chi connectivity index (χ1v) is 7.42. The van der Waals surface area contributed by atoms with Crippen molar-refractivity contribution in [2.45, 2.75) is 83.6 Å². The zero-order valence-electron chi connectivity index (χ0n) is 11.7. The zero-order chi connectivity index (χ0) is 12.8. The Balaban J connectivity index is 3.14. The van der Waals surface area contributed by atoms with Gasteiger partial charge in [0, 0.05) is 6.04 Å². The van der Waals surface area contributed by atoms with Crippen LogP contribution in [-0.4, -0.2) is 6.04 Å². The van der Waals surface area contributed by atoms with E-state index in [0.717, 1.165) is 6.42 Å². The number of rotatable bonds is 13. The van der Waals surface area contributed by atoms with Gasteiger partial charge < -0.3 is 0 Å². The Morgan fingerprint density at radius 1 is 1.00 bits per heavy atom. The minimum Gasteiger partial charge on any atom is -0.271 e. The van der Waals surface area contributed by atoms with E-state index in [-0.39, 0.29) is 0 Å². The molecule has 0 radical (unpaired) electrons. The summed E-state index contributed by atoms with van der Waals surface area (Å²) >= 11 is 0. The molecule has 0 amide bonds. The second kappa shape index (κ2) is 13.7. The van der Waals surface area contributed by atoms with E-state index in [9.17, 15) is 0 Å². The van der Waals surface area contributed by atoms with Crippen molar-refractivity contribution in [2.75, 3.05) is 0 Å². The van der Waals surface area contributed by atoms with E-state index >= 15 is 0 Å². The molecular formula is C15H32N2. The van der Waals surface area contributed by atoms with Crippen molar-refractivity contribution in [3.63, 3.8) is 0 Å². The van der Waals surface area contributed by atoms with Crippen molar-refractivity contribution in [3.05, 3.63) is 12.7 Å². The number of hydrogen-bond acceptors (Lipinski definition) is 2. The van der Waals surface area contributed by atoms with Crippen LogP contribution in [-0.2, 0) is 0 Å². The normalized spacial score (nSPS) is 12.6. The lowest BCUT2D eigenvalue weighted by atomic mass is 10.0. The van der Waals surface area contributed by atoms with Crippen LogP contribution in [0.5, 0.6) is 0 Å². The van der Waals surface area contributed by atoms with Crippen LogP contribution in [0.15, 0.2) is 12.7 Å². The Labute approximate surface area is 108 Å². The minimum absolute atomic E-state index is 0.428. The molecule has 3 N–H and O–H groups in total. The van der Waals surface area contributed by atoms with Crippen molar-refractivity contribution >= 4 is 0 Å². The number of nitrogens with two attached hydrogens (primary N) is 1. The summed E-state index contributed by atoms with van der Waals surface area (Å²) in [6.45, 7) is 6.02. The molecule has 0 bridgehead atoms. The third-order valence-electron chi connectivity index (χ3n) is 3.34. The van der Waals surface area contributed by atoms with Crippen LogP contribution in [0.4, 0.5) is 0 Å². The second-order valence-electron chi connectivity index (χ2n) is 5.01. The first-order valence-electron chi connectivity index (χ1n) is 7.42. The van der Waals surface area contributed by atoms with Gasteiger partial charge in [-0.3, -0.25) is 11.3 Å². The Morgan fingerprint density at radius 3 is 2.00 bits per heavy atom. The van der Waals surface area contributed by atoms with Gasteiger partial charge >= 0.3 is 0 Å². The standard InChI is InChI=1S/C15H32N2/c1-3-5-6-7-8-9-10-11-12-14-15(17-16)13-4-2/h4,15,17H,2-3,5-14,16H2,1H3. The van der Waals surface area contributed by atoms with Gasteiger partial charge in [0.2, 0.25) is 0 Å². The fourth-order valence-electron chi connectivity index (χ4n) is 2.17. The van der Waals surface area contributed by atoms with Crippen LogP contribution in [0.25, 0.3) is 0 Å². The maximum absolute atomic E-state index is 5.47. The summed E-state index contributed by atoms with van der Waals surface area (Å²) < 4.78 is 0. The molecule has 0 aromatic heterocycles. The van der Waals surface area contributed by atoms with Gasteiger partial charge in [-0.05, 0) is 12.8 Å². The van der Waals surface area contributed by atoms with E-state index in [1.54, 1.807) is 0 Å². The molecule has 2 nitrogen and oxygen atoms in total. The molecule has 0 aromatic carbocycles. The first-order chi connectivity index (χ1) is 8.35. The Morgan fingerprint density at radius 2 is 1.53 bits per heavy atom. The molecule has 1 unspecified atom stereocenters. The second-order valence-corrected chi connectivity index (χ2v) is 5.01. The van der Waals surface area contributed by atoms with Gasteiger partial charge in [-0.25, -0.2) is 0 Å². The maximum atomic E-state index is 5.47. The molecule has 0 saturated carbocycles. The summed E-state index contributed by atoms with van der Waals surface area (Å²) in [5, 5.41) is 0. The fourth-order valence-corrected chi connectivity index (χ4v) is 2.17. The van der Waals surface area contributed by atoms with Gasteiger partial charge in [-0.1, -0.05) is 70.8 Å². The average Bonchev–Trinajstić information content (AvgIpc) is 2.35. The van der Waals surface area contributed by atoms with E-state index in [0.29, 0.717) is 6.04 Å². The lowest BCUT2D eigenvalue weighted by Crippen LogP contribution is -2.34. The van der Waals surface area contributed by atoms with Gasteiger partial charge in [-0.15, -0.1) is 6.58 Å². The molecule has 0 fully saturated rings. The van der Waals surface area contributed by atoms with E-state index in [1.807, 2.05) is 6.08 Å². The highest BCUT2D eigenvalue weighted by molar-refractivity contribution is 4.76. The van der Waals surface area contributed by atoms with Crippen molar-refractivity contribution in [2.24, 2.45) is 5.84 Å². The molecule has 0 aliphatic carbocycles. The highest BCUT2D eigenvalue weighted by Gasteiger charge is 2.02. The zero-order valence-corrected chi connectivity index (χ0v) is 11.7. The highest BCUT2D eigenvalue weighted by Crippen LogP contribution is 2.12. The van der Waals surface area contributed by atoms with Crippen molar-refractivity contribution in [1.82, 2.24) is 5.43 Å². The van der Waals surface area contributed by atoms with Crippen LogP contribution < -0.4 is 11.3 Å². The van der Waals surface area contributed by atoms with Crippen LogP contribution in [0.2, 0.25) is 0 Å². The number of unbranched alkanes of at least 4 members (excludes halogenated alkanes) is 8. The molecule has 0 rings (SSSR count). The monoisotopic (exact) mass is 240 g/mol. The van der Waals surface area contributed by atoms with Gasteiger partial charge in [0.25, 0.3) is 0 Å². The smallest absolute Gasteiger partial charge is 0.0244 e. The van der Waals surface area contributed by atoms with E-state index < -0.39 is 0 Å². The molecule has 0 heterocycles. The molecule has 0 aromatic rings. The lowest BCUT2D eigenvalue weighted by Gasteiger charge is -2.13. The van der Waals surface area contributed by atoms with E-state index in [4.69, 9.17) is 5.84 Å². The summed E-state index contributed by atoms with van der Waals surface area (Å²) in [6, 6.07) is 0.428. The molecule has 2 heteroatoms. The number of hydrazine groups is 1. The molecule has 0 spiro atoms. The maximum Gasteiger partial charge on any atom is 0.0244 e. The Hall–Kier alpha value is -0.340. The largest absolute Gasteiger partial charge is 0.271 e. The molecule has 1 atom stereocenters. The van der Waals surface area contributed by atoms with Crippen molar-refractivity contribution < 1.29 is 0 Å². The van der Waals surface area contributed by atoms with Gasteiger partial charge in [0.1, 0.15) is 0 Å². The van der Waals surface area contributed by atoms with E-state index in [1.165, 1.54) is 64.2 Å². The lowest BCUT2D eigenvalue weighted by molar-refractivity contribution is 0.463. The Bertz CT molecular complexity index is 157. The molecule has 0 aliphatic rings. The number of nitrogens with one attached hydrogen (secondary N) is 1. The third kappa shape index (κ3) is 11.9. The summed E-state index contributed by atoms with van der Waals surface area (Å²) in [4.78, 5) is 0. The average molecular weight is 240 g/mol. The first kappa shape index (κ1) is 16.7. The molecular weight excluding hydrogens is 208 g/mol. The summed E-state index contributed by atoms with van der Waals surface area (Å²) in [5.74, 6) is 5.47. The van der Waals surface area contributed by atoms with Crippen LogP contribution in [0, 0.1) is 0 Å². The predicted octanol–water partition coefficient (Wildman–Crippen LogP) is 4.32. The quantitative estimate of drug-likeness (QED) is 0.218. The predicted molar refractivity (Wildman–Crippen MR) is 77.8 cm³/mol. The highest BCUT2D eigenvalue weighted by atomic mass is 15.2. The van der Waals surface area contributed by atoms with Crippen LogP contribution >= 0.6 is 0 Å². The van der Waals surface area contributed by atoms with Crippen molar-refractivity contribution in [1.29, 1.82) is 0 Å². The van der Waals surface area contributed by atoms with Crippen LogP contribution in [0.3, 0.4) is 0 Å². The van der Waals surface area contributed by atoms with E-state index in [2.05, 4.69) is 18.9 Å². The molecule has 102 valence electrons. The summed E-state index contributed by atoms with van der Waals surface area (Å²) in [7, 11) is 0. The van der Waals surface area contributed by atoms with Gasteiger partial charge in [0.15, 0.2) is 0 Å². The summed E-state index contributed by atoms with van der Waals surface area (Å²) in [6.07, 6.45) is 16.6. The molecule has 17 heavy (non-hydrogen) atoms. The SMILES string of the molecule is C=CCC(CCCCCCCCCCC)NN. The minimum atomic E-state index is 0.428. The molecule has 0 aliphatic heterocycles. The molecule has 0 saturated heterocycles. The summed E-state index contributed by atoms with van der Waals surface area (Å²) in [5.41, 5.74) is 2.86. The van der Waals surface area contributed by atoms with Gasteiger partial charge in [-0.2, -0.15) is 0 Å². The van der Waals surface area contributed by atoms with Crippen molar-refractivity contribution in [3.8, 4) is 0 Å². The third-order valence-corrected chi connectivity index (χ3v) is 3.34. The fraction of sp³-hybridized carbons (Fsp3) is 0.867. The van der Waals surface area contributed by atoms with Gasteiger partial charge in [0.05, 0.1) is 0 Å². The number of hydrogen-bond donors (Lipinski definition) is 2.